The molecule has 0 aromatic carbocycles. The molecule has 2 aliphatic rings. The lowest BCUT2D eigenvalue weighted by Gasteiger charge is -2.39. The SMILES string of the molecule is COC(=O)C1=C(O[Si](C)(C)C(C)(C)C)CC2C=CC1C2. The molecule has 2 atom stereocenters. The van der Waals surface area contributed by atoms with Gasteiger partial charge in [0.05, 0.1) is 18.4 Å². The van der Waals surface area contributed by atoms with E-state index in [0.29, 0.717) is 5.92 Å². The summed E-state index contributed by atoms with van der Waals surface area (Å²) in [5.74, 6) is 1.36. The molecule has 2 rings (SSSR count). The summed E-state index contributed by atoms with van der Waals surface area (Å²) in [4.78, 5) is 12.1. The second-order valence-electron chi connectivity index (χ2n) is 7.38. The Bertz CT molecular complexity index is 469. The Morgan fingerprint density at radius 3 is 2.50 bits per heavy atom. The molecule has 2 aliphatic carbocycles. The number of carbonyl (C=O) groups excluding carboxylic acids is 1. The highest BCUT2D eigenvalue weighted by atomic mass is 28.4. The fraction of sp³-hybridized carbons (Fsp3) is 0.688. The minimum absolute atomic E-state index is 0.130. The third-order valence-electron chi connectivity index (χ3n) is 4.88. The summed E-state index contributed by atoms with van der Waals surface area (Å²) in [5, 5.41) is 0.130. The zero-order valence-electron chi connectivity index (χ0n) is 13.4. The van der Waals surface area contributed by atoms with Crippen LogP contribution in [-0.4, -0.2) is 21.4 Å². The van der Waals surface area contributed by atoms with Crippen LogP contribution in [0.15, 0.2) is 23.5 Å². The molecular weight excluding hydrogens is 268 g/mol. The van der Waals surface area contributed by atoms with Gasteiger partial charge in [-0.15, -0.1) is 0 Å². The maximum atomic E-state index is 12.1. The molecule has 2 unspecified atom stereocenters. The van der Waals surface area contributed by atoms with E-state index in [1.54, 1.807) is 0 Å². The normalized spacial score (nSPS) is 25.9. The van der Waals surface area contributed by atoms with Crippen LogP contribution in [-0.2, 0) is 14.0 Å². The molecular formula is C16H26O3Si. The van der Waals surface area contributed by atoms with E-state index in [0.717, 1.165) is 24.2 Å². The number of ether oxygens (including phenoxy) is 1. The van der Waals surface area contributed by atoms with Crippen LogP contribution in [0.4, 0.5) is 0 Å². The van der Waals surface area contributed by atoms with Gasteiger partial charge >= 0.3 is 5.97 Å². The summed E-state index contributed by atoms with van der Waals surface area (Å²) in [7, 11) is -0.469. The summed E-state index contributed by atoms with van der Waals surface area (Å²) >= 11 is 0. The zero-order chi connectivity index (χ0) is 15.1. The Balaban J connectivity index is 2.34. The van der Waals surface area contributed by atoms with Crippen molar-refractivity contribution in [1.82, 2.24) is 0 Å². The smallest absolute Gasteiger partial charge is 0.337 e. The Hall–Kier alpha value is -1.03. The number of fused-ring (bicyclic) bond motifs is 2. The second kappa shape index (κ2) is 5.06. The molecule has 0 saturated heterocycles. The molecule has 0 spiro atoms. The first kappa shape index (κ1) is 15.4. The van der Waals surface area contributed by atoms with Gasteiger partial charge in [-0.3, -0.25) is 0 Å². The number of methoxy groups -OCH3 is 1. The molecule has 2 bridgehead atoms. The van der Waals surface area contributed by atoms with Crippen LogP contribution in [0.25, 0.3) is 0 Å². The minimum Gasteiger partial charge on any atom is -0.546 e. The van der Waals surface area contributed by atoms with Crippen LogP contribution in [0.5, 0.6) is 0 Å². The molecule has 0 aromatic rings. The van der Waals surface area contributed by atoms with E-state index in [-0.39, 0.29) is 16.9 Å². The number of esters is 1. The van der Waals surface area contributed by atoms with E-state index in [2.05, 4.69) is 46.0 Å². The standard InChI is InChI=1S/C16H26O3Si/c1-16(2,3)20(5,6)19-13-10-11-7-8-12(9-11)14(13)15(17)18-4/h7-8,11-12H,9-10H2,1-6H3. The maximum Gasteiger partial charge on any atom is 0.337 e. The van der Waals surface area contributed by atoms with Gasteiger partial charge in [0.25, 0.3) is 0 Å². The first-order valence-corrected chi connectivity index (χ1v) is 10.2. The van der Waals surface area contributed by atoms with Gasteiger partial charge in [-0.25, -0.2) is 4.79 Å². The van der Waals surface area contributed by atoms with Gasteiger partial charge in [-0.05, 0) is 30.5 Å². The van der Waals surface area contributed by atoms with Gasteiger partial charge < -0.3 is 9.16 Å². The monoisotopic (exact) mass is 294 g/mol. The van der Waals surface area contributed by atoms with Gasteiger partial charge in [0, 0.05) is 12.3 Å². The zero-order valence-corrected chi connectivity index (χ0v) is 14.4. The van der Waals surface area contributed by atoms with E-state index in [4.69, 9.17) is 9.16 Å². The van der Waals surface area contributed by atoms with Crippen molar-refractivity contribution in [3.63, 3.8) is 0 Å². The number of rotatable bonds is 3. The van der Waals surface area contributed by atoms with Crippen LogP contribution in [0.2, 0.25) is 18.1 Å². The third kappa shape index (κ3) is 2.71. The largest absolute Gasteiger partial charge is 0.546 e. The Labute approximate surface area is 123 Å². The predicted octanol–water partition coefficient (Wildman–Crippen LogP) is 4.03. The van der Waals surface area contributed by atoms with Crippen LogP contribution in [0.3, 0.4) is 0 Å². The molecule has 0 saturated carbocycles. The third-order valence-corrected chi connectivity index (χ3v) is 9.25. The van der Waals surface area contributed by atoms with E-state index in [1.165, 1.54) is 7.11 Å². The molecule has 4 heteroatoms. The van der Waals surface area contributed by atoms with E-state index >= 15 is 0 Å². The summed E-state index contributed by atoms with van der Waals surface area (Å²) in [6.07, 6.45) is 6.22. The first-order valence-electron chi connectivity index (χ1n) is 7.34. The van der Waals surface area contributed by atoms with E-state index in [9.17, 15) is 4.79 Å². The lowest BCUT2D eigenvalue weighted by molar-refractivity contribution is -0.137. The van der Waals surface area contributed by atoms with Crippen LogP contribution in [0, 0.1) is 11.8 Å². The highest BCUT2D eigenvalue weighted by Crippen LogP contribution is 2.45. The molecule has 0 radical (unpaired) electrons. The van der Waals surface area contributed by atoms with Gasteiger partial charge in [-0.1, -0.05) is 32.9 Å². The molecule has 0 fully saturated rings. The van der Waals surface area contributed by atoms with Crippen molar-refractivity contribution < 1.29 is 14.0 Å². The average molecular weight is 294 g/mol. The number of hydrogen-bond acceptors (Lipinski definition) is 3. The first-order chi connectivity index (χ1) is 9.15. The minimum atomic E-state index is -1.92. The quantitative estimate of drug-likeness (QED) is 0.448. The topological polar surface area (TPSA) is 35.5 Å². The molecule has 20 heavy (non-hydrogen) atoms. The Morgan fingerprint density at radius 1 is 1.30 bits per heavy atom. The molecule has 112 valence electrons. The molecule has 0 aliphatic heterocycles. The lowest BCUT2D eigenvalue weighted by Crippen LogP contribution is -2.41. The summed E-state index contributed by atoms with van der Waals surface area (Å²) in [6, 6.07) is 0. The molecule has 0 heterocycles. The predicted molar refractivity (Wildman–Crippen MR) is 82.7 cm³/mol. The van der Waals surface area contributed by atoms with Crippen LogP contribution in [0.1, 0.15) is 33.6 Å². The van der Waals surface area contributed by atoms with Gasteiger partial charge in [-0.2, -0.15) is 0 Å². The van der Waals surface area contributed by atoms with Crippen molar-refractivity contribution in [2.24, 2.45) is 11.8 Å². The van der Waals surface area contributed by atoms with E-state index in [1.807, 2.05) is 0 Å². The molecule has 0 aromatic heterocycles. The number of carbonyl (C=O) groups is 1. The van der Waals surface area contributed by atoms with Crippen molar-refractivity contribution >= 4 is 14.3 Å². The van der Waals surface area contributed by atoms with E-state index < -0.39 is 8.32 Å². The second-order valence-corrected chi connectivity index (χ2v) is 12.1. The Kier molecular flexibility index (Phi) is 3.89. The highest BCUT2D eigenvalue weighted by Gasteiger charge is 2.43. The summed E-state index contributed by atoms with van der Waals surface area (Å²) in [6.45, 7) is 11.1. The molecule has 0 N–H and O–H groups in total. The van der Waals surface area contributed by atoms with Gasteiger partial charge in [0.15, 0.2) is 0 Å². The Morgan fingerprint density at radius 2 is 1.95 bits per heavy atom. The van der Waals surface area contributed by atoms with Crippen molar-refractivity contribution in [2.75, 3.05) is 7.11 Å². The number of hydrogen-bond donors (Lipinski definition) is 0. The van der Waals surface area contributed by atoms with Crippen molar-refractivity contribution in [2.45, 2.75) is 51.7 Å². The molecule has 0 amide bonds. The number of allylic oxidation sites excluding steroid dienone is 3. The van der Waals surface area contributed by atoms with Crippen molar-refractivity contribution in [1.29, 1.82) is 0 Å². The van der Waals surface area contributed by atoms with Gasteiger partial charge in [0.1, 0.15) is 0 Å². The summed E-state index contributed by atoms with van der Waals surface area (Å²) in [5.41, 5.74) is 0.752. The molecule has 3 nitrogen and oxygen atoms in total. The van der Waals surface area contributed by atoms with Crippen LogP contribution < -0.4 is 0 Å². The summed E-state index contributed by atoms with van der Waals surface area (Å²) < 4.78 is 11.4. The van der Waals surface area contributed by atoms with Crippen molar-refractivity contribution in [3.05, 3.63) is 23.5 Å². The lowest BCUT2D eigenvalue weighted by atomic mass is 9.86. The maximum absolute atomic E-state index is 12.1. The van der Waals surface area contributed by atoms with Crippen molar-refractivity contribution in [3.8, 4) is 0 Å². The highest BCUT2D eigenvalue weighted by molar-refractivity contribution is 6.74. The van der Waals surface area contributed by atoms with Gasteiger partial charge in [0.2, 0.25) is 8.32 Å². The fourth-order valence-corrected chi connectivity index (χ4v) is 3.74. The fourth-order valence-electron chi connectivity index (χ4n) is 2.63. The average Bonchev–Trinajstić information content (AvgIpc) is 2.69. The van der Waals surface area contributed by atoms with Crippen LogP contribution >= 0.6 is 0 Å².